The smallest absolute Gasteiger partial charge is 0.391 e. The molecule has 0 spiro atoms. The van der Waals surface area contributed by atoms with Crippen molar-refractivity contribution < 1.29 is 18.1 Å². The Hall–Kier alpha value is -1.15. The highest BCUT2D eigenvalue weighted by Gasteiger charge is 2.31. The molecule has 0 unspecified atom stereocenters. The van der Waals surface area contributed by atoms with Crippen LogP contribution in [0.15, 0.2) is 37.0 Å². The summed E-state index contributed by atoms with van der Waals surface area (Å²) in [5.74, 6) is 0.697. The summed E-state index contributed by atoms with van der Waals surface area (Å²) in [6, 6.07) is 0. The topological polar surface area (TPSA) is 44.8 Å². The Kier molecular flexibility index (Phi) is 4.51. The fourth-order valence-corrected chi connectivity index (χ4v) is 1.89. The van der Waals surface area contributed by atoms with Crippen molar-refractivity contribution in [2.75, 3.05) is 0 Å². The average Bonchev–Trinajstić information content (AvgIpc) is 1.76. The van der Waals surface area contributed by atoms with Crippen LogP contribution in [0, 0.1) is 0 Å². The molecule has 0 aromatic heterocycles. The van der Waals surface area contributed by atoms with E-state index in [0.717, 1.165) is 0 Å². The Balaban J connectivity index is 4.66. The summed E-state index contributed by atoms with van der Waals surface area (Å²) in [4.78, 5) is 0. The molecular weight excluding hydrogens is 203 g/mol. The third kappa shape index (κ3) is 5.49. The molecule has 0 aromatic carbocycles. The van der Waals surface area contributed by atoms with E-state index in [1.165, 1.54) is 20.8 Å². The van der Waals surface area contributed by atoms with Crippen LogP contribution < -0.4 is 0 Å². The van der Waals surface area contributed by atoms with Gasteiger partial charge in [0.05, 0.1) is 0 Å². The molecule has 0 saturated carbocycles. The molecule has 0 saturated heterocycles. The maximum absolute atomic E-state index is 11.8. The Morgan fingerprint density at radius 3 is 1.21 bits per heavy atom. The van der Waals surface area contributed by atoms with Crippen LogP contribution in [0.3, 0.4) is 0 Å². The first-order valence-corrected chi connectivity index (χ1v) is 5.36. The second-order valence-electron chi connectivity index (χ2n) is 2.83. The van der Waals surface area contributed by atoms with Gasteiger partial charge in [0.15, 0.2) is 0 Å². The molecule has 4 nitrogen and oxygen atoms in total. The number of allylic oxidation sites excluding steroid dienone is 3. The SMILES string of the molecule is C=C(C)OP(=O)(OC(=C)C)OC(=C)C. The van der Waals surface area contributed by atoms with E-state index in [-0.39, 0.29) is 17.3 Å². The zero-order valence-corrected chi connectivity index (χ0v) is 9.60. The Morgan fingerprint density at radius 1 is 0.857 bits per heavy atom. The first-order valence-electron chi connectivity index (χ1n) is 3.90. The normalized spacial score (nSPS) is 10.2. The van der Waals surface area contributed by atoms with Gasteiger partial charge in [0, 0.05) is 0 Å². The predicted molar refractivity (Wildman–Crippen MR) is 55.3 cm³/mol. The van der Waals surface area contributed by atoms with E-state index in [1.54, 1.807) is 0 Å². The van der Waals surface area contributed by atoms with Crippen LogP contribution >= 0.6 is 7.82 Å². The van der Waals surface area contributed by atoms with Crippen molar-refractivity contribution in [3.63, 3.8) is 0 Å². The molecule has 0 aromatic rings. The van der Waals surface area contributed by atoms with Crippen LogP contribution in [-0.2, 0) is 18.1 Å². The summed E-state index contributed by atoms with van der Waals surface area (Å²) in [5.41, 5.74) is 0. The molecule has 0 aliphatic heterocycles. The van der Waals surface area contributed by atoms with Crippen LogP contribution in [-0.4, -0.2) is 0 Å². The molecule has 0 aliphatic rings. The molecule has 0 radical (unpaired) electrons. The van der Waals surface area contributed by atoms with E-state index in [0.29, 0.717) is 0 Å². The first kappa shape index (κ1) is 12.8. The maximum atomic E-state index is 11.8. The number of phosphoric acid groups is 1. The Bertz CT molecular complexity index is 258. The highest BCUT2D eigenvalue weighted by atomic mass is 31.2. The fourth-order valence-electron chi connectivity index (χ4n) is 0.628. The van der Waals surface area contributed by atoms with Gasteiger partial charge in [-0.1, -0.05) is 19.7 Å². The van der Waals surface area contributed by atoms with Gasteiger partial charge in [0.25, 0.3) is 0 Å². The maximum Gasteiger partial charge on any atom is 0.646 e. The minimum absolute atomic E-state index is 0.232. The van der Waals surface area contributed by atoms with Crippen molar-refractivity contribution >= 4 is 7.82 Å². The van der Waals surface area contributed by atoms with Crippen LogP contribution in [0.25, 0.3) is 0 Å². The van der Waals surface area contributed by atoms with E-state index < -0.39 is 7.82 Å². The van der Waals surface area contributed by atoms with E-state index in [9.17, 15) is 4.57 Å². The molecule has 0 aliphatic carbocycles. The summed E-state index contributed by atoms with van der Waals surface area (Å²) >= 11 is 0. The number of hydrogen-bond donors (Lipinski definition) is 0. The third-order valence-corrected chi connectivity index (χ3v) is 2.41. The lowest BCUT2D eigenvalue weighted by Crippen LogP contribution is -1.96. The predicted octanol–water partition coefficient (Wildman–Crippen LogP) is 3.75. The second kappa shape index (κ2) is 4.91. The van der Waals surface area contributed by atoms with E-state index >= 15 is 0 Å². The minimum Gasteiger partial charge on any atom is -0.391 e. The fraction of sp³-hybridized carbons (Fsp3) is 0.333. The van der Waals surface area contributed by atoms with Gasteiger partial charge in [-0.3, -0.25) is 0 Å². The molecule has 0 rings (SSSR count). The first-order chi connectivity index (χ1) is 6.25. The molecule has 0 amide bonds. The second-order valence-corrected chi connectivity index (χ2v) is 4.27. The zero-order chi connectivity index (χ0) is 11.4. The molecule has 14 heavy (non-hydrogen) atoms. The van der Waals surface area contributed by atoms with Gasteiger partial charge in [-0.25, -0.2) is 0 Å². The highest BCUT2D eigenvalue weighted by Crippen LogP contribution is 2.54. The summed E-state index contributed by atoms with van der Waals surface area (Å²) in [7, 11) is -3.69. The summed E-state index contributed by atoms with van der Waals surface area (Å²) < 4.78 is 26.4. The van der Waals surface area contributed by atoms with Gasteiger partial charge >= 0.3 is 7.82 Å². The van der Waals surface area contributed by atoms with Crippen LogP contribution in [0.2, 0.25) is 0 Å². The quantitative estimate of drug-likeness (QED) is 0.503. The van der Waals surface area contributed by atoms with Crippen LogP contribution in [0.1, 0.15) is 20.8 Å². The van der Waals surface area contributed by atoms with Gasteiger partial charge in [-0.15, -0.1) is 0 Å². The highest BCUT2D eigenvalue weighted by molar-refractivity contribution is 7.48. The summed E-state index contributed by atoms with van der Waals surface area (Å²) in [5, 5.41) is 0. The van der Waals surface area contributed by atoms with Gasteiger partial charge in [0.2, 0.25) is 0 Å². The summed E-state index contributed by atoms with van der Waals surface area (Å²) in [6.45, 7) is 14.9. The van der Waals surface area contributed by atoms with E-state index in [4.69, 9.17) is 13.6 Å². The van der Waals surface area contributed by atoms with Gasteiger partial charge in [-0.05, 0) is 20.8 Å². The lowest BCUT2D eigenvalue weighted by atomic mass is 10.7. The lowest BCUT2D eigenvalue weighted by Gasteiger charge is -2.18. The minimum atomic E-state index is -3.69. The Labute approximate surface area is 84.5 Å². The van der Waals surface area contributed by atoms with Crippen LogP contribution in [0.4, 0.5) is 0 Å². The zero-order valence-electron chi connectivity index (χ0n) is 8.70. The monoisotopic (exact) mass is 218 g/mol. The summed E-state index contributed by atoms with van der Waals surface area (Å²) in [6.07, 6.45) is 0. The van der Waals surface area contributed by atoms with Crippen molar-refractivity contribution in [2.24, 2.45) is 0 Å². The lowest BCUT2D eigenvalue weighted by molar-refractivity contribution is 0.196. The molecular formula is C9H15O4P. The molecule has 0 heterocycles. The van der Waals surface area contributed by atoms with Crippen molar-refractivity contribution in [2.45, 2.75) is 20.8 Å². The molecule has 0 fully saturated rings. The standard InChI is InChI=1S/C9H15O4P/c1-7(2)11-14(10,12-8(3)4)13-9(5)6/h1,3,5H2,2,4,6H3. The van der Waals surface area contributed by atoms with Crippen molar-refractivity contribution in [1.29, 1.82) is 0 Å². The molecule has 0 atom stereocenters. The molecule has 0 bridgehead atoms. The van der Waals surface area contributed by atoms with Gasteiger partial charge in [0.1, 0.15) is 17.3 Å². The number of phosphoric ester groups is 1. The number of hydrogen-bond acceptors (Lipinski definition) is 4. The molecule has 0 N–H and O–H groups in total. The molecule has 80 valence electrons. The number of rotatable bonds is 6. The van der Waals surface area contributed by atoms with Gasteiger partial charge in [-0.2, -0.15) is 4.57 Å². The molecule has 5 heteroatoms. The van der Waals surface area contributed by atoms with Crippen LogP contribution in [0.5, 0.6) is 0 Å². The third-order valence-electron chi connectivity index (χ3n) is 0.803. The Morgan fingerprint density at radius 2 is 1.07 bits per heavy atom. The van der Waals surface area contributed by atoms with Crippen molar-refractivity contribution in [3.8, 4) is 0 Å². The van der Waals surface area contributed by atoms with Crippen molar-refractivity contribution in [3.05, 3.63) is 37.0 Å². The van der Waals surface area contributed by atoms with Gasteiger partial charge < -0.3 is 13.6 Å². The van der Waals surface area contributed by atoms with E-state index in [1.807, 2.05) is 0 Å². The van der Waals surface area contributed by atoms with E-state index in [2.05, 4.69) is 19.7 Å². The van der Waals surface area contributed by atoms with Crippen molar-refractivity contribution in [1.82, 2.24) is 0 Å². The average molecular weight is 218 g/mol. The largest absolute Gasteiger partial charge is 0.646 e.